The molecule has 0 aliphatic heterocycles. The first-order valence-corrected chi connectivity index (χ1v) is 6.79. The maximum Gasteiger partial charge on any atom is 0.259 e. The van der Waals surface area contributed by atoms with Gasteiger partial charge in [0.15, 0.2) is 18.1 Å². The van der Waals surface area contributed by atoms with E-state index in [-0.39, 0.29) is 12.5 Å². The molecule has 0 unspecified atom stereocenters. The Labute approximate surface area is 120 Å². The summed E-state index contributed by atoms with van der Waals surface area (Å²) in [5.74, 6) is 1.15. The first-order valence-electron chi connectivity index (χ1n) is 6.79. The van der Waals surface area contributed by atoms with Crippen molar-refractivity contribution < 1.29 is 14.3 Å². The van der Waals surface area contributed by atoms with Crippen LogP contribution in [0.25, 0.3) is 0 Å². The van der Waals surface area contributed by atoms with Gasteiger partial charge in [-0.05, 0) is 30.7 Å². The van der Waals surface area contributed by atoms with Gasteiger partial charge in [-0.1, -0.05) is 13.0 Å². The van der Waals surface area contributed by atoms with E-state index in [4.69, 9.17) is 9.47 Å². The molecule has 0 aliphatic rings. The van der Waals surface area contributed by atoms with Gasteiger partial charge in [-0.3, -0.25) is 4.79 Å². The van der Waals surface area contributed by atoms with Crippen LogP contribution >= 0.6 is 0 Å². The van der Waals surface area contributed by atoms with Crippen molar-refractivity contribution in [2.24, 2.45) is 0 Å². The quantitative estimate of drug-likeness (QED) is 0.736. The van der Waals surface area contributed by atoms with Gasteiger partial charge in [-0.2, -0.15) is 0 Å². The van der Waals surface area contributed by atoms with Crippen molar-refractivity contribution in [3.63, 3.8) is 0 Å². The molecule has 0 aromatic heterocycles. The molecule has 20 heavy (non-hydrogen) atoms. The number of hydrogen-bond acceptors (Lipinski definition) is 4. The number of amides is 1. The van der Waals surface area contributed by atoms with E-state index in [0.29, 0.717) is 11.5 Å². The zero-order chi connectivity index (χ0) is 15.0. The second-order valence-electron chi connectivity index (χ2n) is 4.74. The third kappa shape index (κ3) is 5.09. The SMILES string of the molecule is CCCNCc1ccc(OC)c(OCC(=O)N(C)C)c1. The molecular weight excluding hydrogens is 256 g/mol. The minimum absolute atomic E-state index is 0.00913. The van der Waals surface area contributed by atoms with Gasteiger partial charge >= 0.3 is 0 Å². The van der Waals surface area contributed by atoms with Gasteiger partial charge in [-0.25, -0.2) is 0 Å². The topological polar surface area (TPSA) is 50.8 Å². The van der Waals surface area contributed by atoms with Crippen LogP contribution in [0.4, 0.5) is 0 Å². The molecule has 1 aromatic carbocycles. The van der Waals surface area contributed by atoms with Crippen LogP contribution < -0.4 is 14.8 Å². The fourth-order valence-electron chi connectivity index (χ4n) is 1.62. The molecule has 5 heteroatoms. The van der Waals surface area contributed by atoms with Crippen molar-refractivity contribution in [1.82, 2.24) is 10.2 Å². The summed E-state index contributed by atoms with van der Waals surface area (Å²) in [6, 6.07) is 5.75. The molecule has 0 heterocycles. The number of rotatable bonds is 8. The van der Waals surface area contributed by atoms with Crippen LogP contribution in [0.2, 0.25) is 0 Å². The number of nitrogens with zero attached hydrogens (tertiary/aromatic N) is 1. The molecule has 1 rings (SSSR count). The summed E-state index contributed by atoms with van der Waals surface area (Å²) in [5.41, 5.74) is 1.10. The molecule has 0 saturated heterocycles. The number of methoxy groups -OCH3 is 1. The van der Waals surface area contributed by atoms with Crippen LogP contribution in [0.1, 0.15) is 18.9 Å². The molecule has 0 bridgehead atoms. The number of benzene rings is 1. The van der Waals surface area contributed by atoms with Crippen LogP contribution in [0.15, 0.2) is 18.2 Å². The molecule has 1 aromatic rings. The van der Waals surface area contributed by atoms with Crippen LogP contribution in [0, 0.1) is 0 Å². The van der Waals surface area contributed by atoms with Crippen molar-refractivity contribution >= 4 is 5.91 Å². The van der Waals surface area contributed by atoms with E-state index in [2.05, 4.69) is 12.2 Å². The minimum Gasteiger partial charge on any atom is -0.493 e. The molecule has 0 fully saturated rings. The van der Waals surface area contributed by atoms with Crippen LogP contribution in [0.3, 0.4) is 0 Å². The predicted molar refractivity (Wildman–Crippen MR) is 79.2 cm³/mol. The van der Waals surface area contributed by atoms with Crippen molar-refractivity contribution in [1.29, 1.82) is 0 Å². The van der Waals surface area contributed by atoms with Gasteiger partial charge in [0.2, 0.25) is 0 Å². The Morgan fingerprint density at radius 1 is 1.30 bits per heavy atom. The van der Waals surface area contributed by atoms with Crippen molar-refractivity contribution in [3.8, 4) is 11.5 Å². The van der Waals surface area contributed by atoms with E-state index in [9.17, 15) is 4.79 Å². The number of carbonyl (C=O) groups is 1. The third-order valence-corrected chi connectivity index (χ3v) is 2.83. The standard InChI is InChI=1S/C15H24N2O3/c1-5-8-16-10-12-6-7-13(19-4)14(9-12)20-11-15(18)17(2)3/h6-7,9,16H,5,8,10-11H2,1-4H3. The molecular formula is C15H24N2O3. The minimum atomic E-state index is -0.0819. The number of likely N-dealkylation sites (N-methyl/N-ethyl adjacent to an activating group) is 1. The van der Waals surface area contributed by atoms with E-state index >= 15 is 0 Å². The third-order valence-electron chi connectivity index (χ3n) is 2.83. The Hall–Kier alpha value is -1.75. The normalized spacial score (nSPS) is 10.2. The number of nitrogens with one attached hydrogen (secondary N) is 1. The number of carbonyl (C=O) groups excluding carboxylic acids is 1. The van der Waals surface area contributed by atoms with Gasteiger partial charge in [0.1, 0.15) is 0 Å². The summed E-state index contributed by atoms with van der Waals surface area (Å²) >= 11 is 0. The summed E-state index contributed by atoms with van der Waals surface area (Å²) in [6.07, 6.45) is 1.09. The highest BCUT2D eigenvalue weighted by Gasteiger charge is 2.09. The second kappa shape index (κ2) is 8.43. The summed E-state index contributed by atoms with van der Waals surface area (Å²) in [7, 11) is 4.99. The molecule has 112 valence electrons. The fraction of sp³-hybridized carbons (Fsp3) is 0.533. The maximum absolute atomic E-state index is 11.6. The number of ether oxygens (including phenoxy) is 2. The first-order chi connectivity index (χ1) is 9.58. The summed E-state index contributed by atoms with van der Waals surface area (Å²) in [6.45, 7) is 3.88. The fourth-order valence-corrected chi connectivity index (χ4v) is 1.62. The highest BCUT2D eigenvalue weighted by atomic mass is 16.5. The summed E-state index contributed by atoms with van der Waals surface area (Å²) < 4.78 is 10.8. The molecule has 0 saturated carbocycles. The molecule has 1 N–H and O–H groups in total. The summed E-state index contributed by atoms with van der Waals surface area (Å²) in [5, 5.41) is 3.33. The van der Waals surface area contributed by atoms with E-state index < -0.39 is 0 Å². The monoisotopic (exact) mass is 280 g/mol. The predicted octanol–water partition coefficient (Wildman–Crippen LogP) is 1.66. The van der Waals surface area contributed by atoms with Crippen molar-refractivity contribution in [2.45, 2.75) is 19.9 Å². The average Bonchev–Trinajstić information content (AvgIpc) is 2.45. The van der Waals surface area contributed by atoms with E-state index in [1.54, 1.807) is 21.2 Å². The second-order valence-corrected chi connectivity index (χ2v) is 4.74. The largest absolute Gasteiger partial charge is 0.493 e. The van der Waals surface area contributed by atoms with Gasteiger partial charge < -0.3 is 19.7 Å². The van der Waals surface area contributed by atoms with Crippen LogP contribution in [0.5, 0.6) is 11.5 Å². The lowest BCUT2D eigenvalue weighted by atomic mass is 10.2. The number of hydrogen-bond donors (Lipinski definition) is 1. The average molecular weight is 280 g/mol. The lowest BCUT2D eigenvalue weighted by Gasteiger charge is -2.14. The van der Waals surface area contributed by atoms with E-state index in [1.165, 1.54) is 4.90 Å². The maximum atomic E-state index is 11.6. The highest BCUT2D eigenvalue weighted by molar-refractivity contribution is 5.77. The van der Waals surface area contributed by atoms with E-state index in [1.807, 2.05) is 18.2 Å². The van der Waals surface area contributed by atoms with E-state index in [0.717, 1.165) is 25.1 Å². The van der Waals surface area contributed by atoms with Gasteiger partial charge in [0.25, 0.3) is 5.91 Å². The Balaban J connectivity index is 2.70. The zero-order valence-electron chi connectivity index (χ0n) is 12.7. The van der Waals surface area contributed by atoms with Crippen molar-refractivity contribution in [3.05, 3.63) is 23.8 Å². The molecule has 0 atom stereocenters. The lowest BCUT2D eigenvalue weighted by molar-refractivity contribution is -0.130. The molecule has 0 radical (unpaired) electrons. The molecule has 5 nitrogen and oxygen atoms in total. The van der Waals surface area contributed by atoms with Gasteiger partial charge in [-0.15, -0.1) is 0 Å². The molecule has 0 aliphatic carbocycles. The van der Waals surface area contributed by atoms with Crippen LogP contribution in [-0.2, 0) is 11.3 Å². The Morgan fingerprint density at radius 2 is 2.05 bits per heavy atom. The van der Waals surface area contributed by atoms with Gasteiger partial charge in [0.05, 0.1) is 7.11 Å². The highest BCUT2D eigenvalue weighted by Crippen LogP contribution is 2.28. The van der Waals surface area contributed by atoms with Crippen LogP contribution in [-0.4, -0.2) is 45.2 Å². The smallest absolute Gasteiger partial charge is 0.259 e. The lowest BCUT2D eigenvalue weighted by Crippen LogP contribution is -2.27. The molecule has 0 spiro atoms. The Morgan fingerprint density at radius 3 is 2.65 bits per heavy atom. The Kier molecular flexibility index (Phi) is 6.87. The van der Waals surface area contributed by atoms with Gasteiger partial charge in [0, 0.05) is 20.6 Å². The Bertz CT molecular complexity index is 433. The first kappa shape index (κ1) is 16.3. The van der Waals surface area contributed by atoms with Crippen molar-refractivity contribution in [2.75, 3.05) is 34.4 Å². The molecule has 1 amide bonds. The zero-order valence-corrected chi connectivity index (χ0v) is 12.7. The summed E-state index contributed by atoms with van der Waals surface area (Å²) in [4.78, 5) is 13.1.